The van der Waals surface area contributed by atoms with Gasteiger partial charge in [0.1, 0.15) is 5.69 Å². The van der Waals surface area contributed by atoms with Crippen LogP contribution in [-0.4, -0.2) is 27.0 Å². The summed E-state index contributed by atoms with van der Waals surface area (Å²) in [5.74, 6) is -1.26. The Labute approximate surface area is 106 Å². The van der Waals surface area contributed by atoms with Gasteiger partial charge in [-0.1, -0.05) is 0 Å². The van der Waals surface area contributed by atoms with Gasteiger partial charge in [-0.25, -0.2) is 4.98 Å². The predicted octanol–water partition coefficient (Wildman–Crippen LogP) is 1.42. The van der Waals surface area contributed by atoms with E-state index in [-0.39, 0.29) is 12.3 Å². The van der Waals surface area contributed by atoms with Gasteiger partial charge in [-0.05, 0) is 12.1 Å². The number of amides is 1. The van der Waals surface area contributed by atoms with Crippen molar-refractivity contribution in [2.75, 3.05) is 5.32 Å². The third-order valence-electron chi connectivity index (χ3n) is 2.08. The molecule has 0 aromatic carbocycles. The smallest absolute Gasteiger partial charge is 0.309 e. The van der Waals surface area contributed by atoms with Gasteiger partial charge in [0.25, 0.3) is 5.91 Å². The van der Waals surface area contributed by atoms with E-state index in [2.05, 4.69) is 15.3 Å². The highest BCUT2D eigenvalue weighted by molar-refractivity contribution is 7.07. The van der Waals surface area contributed by atoms with Gasteiger partial charge < -0.3 is 10.4 Å². The molecule has 0 saturated heterocycles. The second kappa shape index (κ2) is 5.37. The molecule has 0 aliphatic carbocycles. The van der Waals surface area contributed by atoms with Crippen LogP contribution in [0.2, 0.25) is 0 Å². The van der Waals surface area contributed by atoms with Crippen molar-refractivity contribution in [3.05, 3.63) is 40.6 Å². The molecule has 0 spiro atoms. The largest absolute Gasteiger partial charge is 0.481 e. The minimum atomic E-state index is -0.943. The maximum absolute atomic E-state index is 11.6. The van der Waals surface area contributed by atoms with Gasteiger partial charge in [-0.15, -0.1) is 11.3 Å². The van der Waals surface area contributed by atoms with Crippen LogP contribution in [0.3, 0.4) is 0 Å². The second-order valence-electron chi connectivity index (χ2n) is 3.44. The number of anilines is 1. The molecule has 92 valence electrons. The number of carbonyl (C=O) groups excluding carboxylic acids is 1. The fourth-order valence-electron chi connectivity index (χ4n) is 1.28. The maximum Gasteiger partial charge on any atom is 0.309 e. The van der Waals surface area contributed by atoms with Gasteiger partial charge in [0, 0.05) is 5.38 Å². The summed E-state index contributed by atoms with van der Waals surface area (Å²) < 4.78 is 0. The lowest BCUT2D eigenvalue weighted by Gasteiger charge is -2.03. The number of aliphatic carboxylic acids is 1. The van der Waals surface area contributed by atoms with Crippen LogP contribution in [0.25, 0.3) is 0 Å². The molecule has 0 aliphatic heterocycles. The quantitative estimate of drug-likeness (QED) is 0.870. The number of carboxylic acid groups (broad SMARTS) is 1. The Morgan fingerprint density at radius 3 is 2.72 bits per heavy atom. The van der Waals surface area contributed by atoms with Gasteiger partial charge in [0.05, 0.1) is 29.5 Å². The average molecular weight is 263 g/mol. The first-order valence-electron chi connectivity index (χ1n) is 5.01. The zero-order chi connectivity index (χ0) is 13.0. The van der Waals surface area contributed by atoms with Crippen molar-refractivity contribution in [2.24, 2.45) is 0 Å². The lowest BCUT2D eigenvalue weighted by Crippen LogP contribution is -2.12. The molecule has 0 unspecified atom stereocenters. The van der Waals surface area contributed by atoms with Crippen LogP contribution in [0.4, 0.5) is 5.69 Å². The predicted molar refractivity (Wildman–Crippen MR) is 65.6 cm³/mol. The van der Waals surface area contributed by atoms with Gasteiger partial charge in [0.15, 0.2) is 0 Å². The van der Waals surface area contributed by atoms with E-state index in [4.69, 9.17) is 5.11 Å². The van der Waals surface area contributed by atoms with Crippen LogP contribution in [0.15, 0.2) is 29.2 Å². The number of thiazole rings is 1. The number of hydrogen-bond acceptors (Lipinski definition) is 5. The summed E-state index contributed by atoms with van der Waals surface area (Å²) in [5, 5.41) is 12.9. The van der Waals surface area contributed by atoms with E-state index in [1.165, 1.54) is 17.5 Å². The molecule has 2 aromatic rings. The first-order chi connectivity index (χ1) is 8.65. The van der Waals surface area contributed by atoms with E-state index in [0.717, 1.165) is 0 Å². The van der Waals surface area contributed by atoms with Gasteiger partial charge in [-0.2, -0.15) is 0 Å². The van der Waals surface area contributed by atoms with Crippen molar-refractivity contribution < 1.29 is 14.7 Å². The molecule has 0 atom stereocenters. The molecule has 2 heterocycles. The number of pyridine rings is 1. The number of carbonyl (C=O) groups is 2. The molecule has 2 aromatic heterocycles. The summed E-state index contributed by atoms with van der Waals surface area (Å²) in [6.45, 7) is 0. The first-order valence-corrected chi connectivity index (χ1v) is 5.95. The highest BCUT2D eigenvalue weighted by Gasteiger charge is 2.08. The lowest BCUT2D eigenvalue weighted by atomic mass is 10.2. The fourth-order valence-corrected chi connectivity index (χ4v) is 1.81. The van der Waals surface area contributed by atoms with E-state index in [1.807, 2.05) is 0 Å². The third-order valence-corrected chi connectivity index (χ3v) is 2.67. The van der Waals surface area contributed by atoms with Crippen LogP contribution >= 0.6 is 11.3 Å². The fraction of sp³-hybridized carbons (Fsp3) is 0.0909. The summed E-state index contributed by atoms with van der Waals surface area (Å²) in [5.41, 5.74) is 2.86. The summed E-state index contributed by atoms with van der Waals surface area (Å²) in [6, 6.07) is 3.17. The molecule has 1 amide bonds. The van der Waals surface area contributed by atoms with Crippen molar-refractivity contribution >= 4 is 28.9 Å². The summed E-state index contributed by atoms with van der Waals surface area (Å²) in [4.78, 5) is 29.9. The molecule has 18 heavy (non-hydrogen) atoms. The number of rotatable bonds is 4. The molecular weight excluding hydrogens is 254 g/mol. The molecule has 6 nitrogen and oxygen atoms in total. The second-order valence-corrected chi connectivity index (χ2v) is 4.16. The zero-order valence-electron chi connectivity index (χ0n) is 9.16. The Bertz CT molecular complexity index is 551. The average Bonchev–Trinajstić information content (AvgIpc) is 2.84. The van der Waals surface area contributed by atoms with Gasteiger partial charge in [0.2, 0.25) is 0 Å². The standard InChI is InChI=1S/C11H9N3O3S/c15-10(16)3-7-1-2-8(4-12-7)14-11(17)9-5-18-6-13-9/h1-2,4-6H,3H2,(H,14,17)(H,15,16). The number of nitrogens with one attached hydrogen (secondary N) is 1. The Balaban J connectivity index is 2.02. The number of carboxylic acids is 1. The van der Waals surface area contributed by atoms with Crippen molar-refractivity contribution in [2.45, 2.75) is 6.42 Å². The number of hydrogen-bond donors (Lipinski definition) is 2. The molecule has 0 fully saturated rings. The summed E-state index contributed by atoms with van der Waals surface area (Å²) in [7, 11) is 0. The van der Waals surface area contributed by atoms with E-state index in [9.17, 15) is 9.59 Å². The summed E-state index contributed by atoms with van der Waals surface area (Å²) >= 11 is 1.33. The Hall–Kier alpha value is -2.28. The number of nitrogens with zero attached hydrogens (tertiary/aromatic N) is 2. The lowest BCUT2D eigenvalue weighted by molar-refractivity contribution is -0.136. The summed E-state index contributed by atoms with van der Waals surface area (Å²) in [6.07, 6.45) is 1.28. The topological polar surface area (TPSA) is 92.2 Å². The van der Waals surface area contributed by atoms with Crippen molar-refractivity contribution in [1.29, 1.82) is 0 Å². The van der Waals surface area contributed by atoms with E-state index < -0.39 is 5.97 Å². The Morgan fingerprint density at radius 1 is 1.33 bits per heavy atom. The monoisotopic (exact) mass is 263 g/mol. The van der Waals surface area contributed by atoms with E-state index in [0.29, 0.717) is 17.1 Å². The van der Waals surface area contributed by atoms with Gasteiger partial charge >= 0.3 is 5.97 Å². The molecule has 7 heteroatoms. The van der Waals surface area contributed by atoms with Crippen LogP contribution in [0.5, 0.6) is 0 Å². The first kappa shape index (κ1) is 12.2. The van der Waals surface area contributed by atoms with Crippen molar-refractivity contribution in [3.63, 3.8) is 0 Å². The highest BCUT2D eigenvalue weighted by atomic mass is 32.1. The third kappa shape index (κ3) is 3.11. The molecular formula is C11H9N3O3S. The molecule has 0 bridgehead atoms. The Kier molecular flexibility index (Phi) is 3.63. The molecule has 2 N–H and O–H groups in total. The Morgan fingerprint density at radius 2 is 2.17 bits per heavy atom. The molecule has 0 radical (unpaired) electrons. The minimum absolute atomic E-state index is 0.139. The van der Waals surface area contributed by atoms with E-state index >= 15 is 0 Å². The normalized spacial score (nSPS) is 10.0. The van der Waals surface area contributed by atoms with E-state index in [1.54, 1.807) is 23.0 Å². The van der Waals surface area contributed by atoms with Crippen LogP contribution < -0.4 is 5.32 Å². The SMILES string of the molecule is O=C(O)Cc1ccc(NC(=O)c2cscn2)cn1. The van der Waals surface area contributed by atoms with Gasteiger partial charge in [-0.3, -0.25) is 14.6 Å². The van der Waals surface area contributed by atoms with Crippen LogP contribution in [0, 0.1) is 0 Å². The molecule has 0 saturated carbocycles. The molecule has 2 rings (SSSR count). The minimum Gasteiger partial charge on any atom is -0.481 e. The van der Waals surface area contributed by atoms with Crippen LogP contribution in [-0.2, 0) is 11.2 Å². The van der Waals surface area contributed by atoms with Crippen LogP contribution in [0.1, 0.15) is 16.2 Å². The van der Waals surface area contributed by atoms with Crippen molar-refractivity contribution in [1.82, 2.24) is 9.97 Å². The molecule has 0 aliphatic rings. The highest BCUT2D eigenvalue weighted by Crippen LogP contribution is 2.09. The number of aromatic nitrogens is 2. The van der Waals surface area contributed by atoms with Crippen molar-refractivity contribution in [3.8, 4) is 0 Å². The maximum atomic E-state index is 11.6. The zero-order valence-corrected chi connectivity index (χ0v) is 9.98.